The second-order valence-electron chi connectivity index (χ2n) is 11.1. The van der Waals surface area contributed by atoms with Gasteiger partial charge in [-0.3, -0.25) is 4.90 Å². The van der Waals surface area contributed by atoms with Gasteiger partial charge in [0.15, 0.2) is 0 Å². The van der Waals surface area contributed by atoms with Crippen LogP contribution < -0.4 is 0 Å². The molecule has 2 aliphatic rings. The summed E-state index contributed by atoms with van der Waals surface area (Å²) in [6, 6.07) is 18.0. The first-order chi connectivity index (χ1) is 18.8. The zero-order valence-corrected chi connectivity index (χ0v) is 22.9. The molecule has 1 atom stereocenters. The van der Waals surface area contributed by atoms with Crippen molar-refractivity contribution < 1.29 is 19.1 Å². The summed E-state index contributed by atoms with van der Waals surface area (Å²) in [7, 11) is 0. The zero-order chi connectivity index (χ0) is 27.4. The summed E-state index contributed by atoms with van der Waals surface area (Å²) in [6.07, 6.45) is 5.90. The van der Waals surface area contributed by atoms with Gasteiger partial charge in [-0.05, 0) is 62.3 Å². The van der Waals surface area contributed by atoms with Crippen LogP contribution >= 0.6 is 0 Å². The van der Waals surface area contributed by atoms with E-state index >= 15 is 0 Å². The van der Waals surface area contributed by atoms with E-state index < -0.39 is 5.60 Å². The average molecular weight is 529 g/mol. The normalized spacial score (nSPS) is 17.6. The Labute approximate surface area is 229 Å². The maximum atomic E-state index is 12.7. The summed E-state index contributed by atoms with van der Waals surface area (Å²) in [5.41, 5.74) is 4.75. The first-order valence-corrected chi connectivity index (χ1v) is 13.6. The van der Waals surface area contributed by atoms with Crippen LogP contribution in [0.4, 0.5) is 9.59 Å². The molecule has 0 bridgehead atoms. The number of rotatable bonds is 5. The quantitative estimate of drug-likeness (QED) is 0.404. The first-order valence-electron chi connectivity index (χ1n) is 13.6. The molecule has 1 aromatic heterocycles. The molecule has 5 rings (SSSR count). The molecular formula is C31H36N4O4. The summed E-state index contributed by atoms with van der Waals surface area (Å²) >= 11 is 0. The monoisotopic (exact) mass is 528 g/mol. The van der Waals surface area contributed by atoms with Crippen LogP contribution in [0, 0.1) is 0 Å². The lowest BCUT2D eigenvalue weighted by Crippen LogP contribution is -2.36. The molecule has 204 valence electrons. The first kappa shape index (κ1) is 26.5. The van der Waals surface area contributed by atoms with E-state index in [0.717, 1.165) is 47.5 Å². The van der Waals surface area contributed by atoms with Gasteiger partial charge in [0.1, 0.15) is 18.0 Å². The minimum Gasteiger partial charge on any atom is -0.445 e. The van der Waals surface area contributed by atoms with Crippen molar-refractivity contribution in [2.75, 3.05) is 19.6 Å². The lowest BCUT2D eigenvalue weighted by atomic mass is 9.98. The number of ether oxygens (including phenoxy) is 2. The average Bonchev–Trinajstić information content (AvgIpc) is 3.62. The van der Waals surface area contributed by atoms with Crippen LogP contribution in [-0.2, 0) is 16.1 Å². The third-order valence-corrected chi connectivity index (χ3v) is 7.03. The lowest BCUT2D eigenvalue weighted by Gasteiger charge is -2.27. The Morgan fingerprint density at radius 1 is 1.00 bits per heavy atom. The van der Waals surface area contributed by atoms with E-state index in [9.17, 15) is 9.59 Å². The summed E-state index contributed by atoms with van der Waals surface area (Å²) in [5, 5.41) is 0. The molecule has 0 saturated carbocycles. The molecule has 0 radical (unpaired) electrons. The van der Waals surface area contributed by atoms with Crippen LogP contribution in [0.15, 0.2) is 66.9 Å². The third kappa shape index (κ3) is 6.50. The zero-order valence-electron chi connectivity index (χ0n) is 22.9. The number of imidazole rings is 1. The maximum Gasteiger partial charge on any atom is 0.410 e. The molecule has 2 aromatic carbocycles. The highest BCUT2D eigenvalue weighted by atomic mass is 16.6. The fourth-order valence-electron chi connectivity index (χ4n) is 5.01. The van der Waals surface area contributed by atoms with Gasteiger partial charge in [-0.2, -0.15) is 0 Å². The molecule has 3 aromatic rings. The fraction of sp³-hybridized carbons (Fsp3) is 0.387. The molecule has 0 spiro atoms. The minimum atomic E-state index is -0.530. The number of amides is 2. The number of carbonyl (C=O) groups excluding carboxylic acids is 2. The Kier molecular flexibility index (Phi) is 7.72. The molecule has 0 aliphatic carbocycles. The molecular weight excluding hydrogens is 492 g/mol. The molecule has 1 N–H and O–H groups in total. The molecule has 3 heterocycles. The van der Waals surface area contributed by atoms with Gasteiger partial charge in [0.05, 0.1) is 17.9 Å². The van der Waals surface area contributed by atoms with Gasteiger partial charge in [-0.15, -0.1) is 0 Å². The van der Waals surface area contributed by atoms with Crippen LogP contribution in [-0.4, -0.2) is 57.2 Å². The van der Waals surface area contributed by atoms with E-state index in [0.29, 0.717) is 19.6 Å². The number of hydrogen-bond donors (Lipinski definition) is 1. The standard InChI is InChI=1S/C31H36N4O4/c1-31(2,3)39-30(37)35-17-7-10-27(35)28-32-20-26(33-28)25-13-11-23(12-14-25)24-15-18-34(19-16-24)29(36)38-21-22-8-5-4-6-9-22/h4-6,8-9,11-15,20,27H,7,10,16-19,21H2,1-3H3,(H,32,33)/t27-/m0/s1. The van der Waals surface area contributed by atoms with Crippen LogP contribution in [0.5, 0.6) is 0 Å². The third-order valence-electron chi connectivity index (χ3n) is 7.03. The Hall–Kier alpha value is -4.07. The highest BCUT2D eigenvalue weighted by molar-refractivity contribution is 5.74. The summed E-state index contributed by atoms with van der Waals surface area (Å²) in [5.74, 6) is 0.784. The Morgan fingerprint density at radius 3 is 2.44 bits per heavy atom. The Morgan fingerprint density at radius 2 is 1.74 bits per heavy atom. The molecule has 2 aliphatic heterocycles. The van der Waals surface area contributed by atoms with Crippen molar-refractivity contribution in [2.45, 2.75) is 58.3 Å². The highest BCUT2D eigenvalue weighted by Gasteiger charge is 2.34. The van der Waals surface area contributed by atoms with E-state index in [2.05, 4.69) is 40.3 Å². The number of benzene rings is 2. The van der Waals surface area contributed by atoms with Gasteiger partial charge >= 0.3 is 12.2 Å². The molecule has 2 amide bonds. The van der Waals surface area contributed by atoms with E-state index in [4.69, 9.17) is 9.47 Å². The fourth-order valence-corrected chi connectivity index (χ4v) is 5.01. The second-order valence-corrected chi connectivity index (χ2v) is 11.1. The van der Waals surface area contributed by atoms with Gasteiger partial charge in [-0.1, -0.05) is 60.7 Å². The predicted molar refractivity (Wildman–Crippen MR) is 150 cm³/mol. The van der Waals surface area contributed by atoms with Crippen molar-refractivity contribution in [1.29, 1.82) is 0 Å². The van der Waals surface area contributed by atoms with Gasteiger partial charge in [0.2, 0.25) is 0 Å². The molecule has 1 fully saturated rings. The number of nitrogens with zero attached hydrogens (tertiary/aromatic N) is 3. The summed E-state index contributed by atoms with van der Waals surface area (Å²) < 4.78 is 11.1. The Balaban J connectivity index is 1.18. The number of hydrogen-bond acceptors (Lipinski definition) is 5. The topological polar surface area (TPSA) is 87.8 Å². The summed E-state index contributed by atoms with van der Waals surface area (Å²) in [4.78, 5) is 36.7. The van der Waals surface area contributed by atoms with Gasteiger partial charge in [0.25, 0.3) is 0 Å². The van der Waals surface area contributed by atoms with E-state index in [1.165, 1.54) is 5.57 Å². The Bertz CT molecular complexity index is 1320. The largest absolute Gasteiger partial charge is 0.445 e. The molecule has 1 saturated heterocycles. The van der Waals surface area contributed by atoms with Crippen molar-refractivity contribution in [3.8, 4) is 11.3 Å². The molecule has 0 unspecified atom stereocenters. The van der Waals surface area contributed by atoms with E-state index in [1.54, 1.807) is 9.80 Å². The number of nitrogens with one attached hydrogen (secondary N) is 1. The van der Waals surface area contributed by atoms with Crippen molar-refractivity contribution in [2.24, 2.45) is 0 Å². The predicted octanol–water partition coefficient (Wildman–Crippen LogP) is 6.57. The summed E-state index contributed by atoms with van der Waals surface area (Å²) in [6.45, 7) is 7.75. The van der Waals surface area contributed by atoms with Crippen LogP contribution in [0.1, 0.15) is 63.0 Å². The van der Waals surface area contributed by atoms with Crippen molar-refractivity contribution >= 4 is 17.8 Å². The highest BCUT2D eigenvalue weighted by Crippen LogP contribution is 2.33. The minimum absolute atomic E-state index is 0.109. The van der Waals surface area contributed by atoms with Crippen LogP contribution in [0.3, 0.4) is 0 Å². The molecule has 39 heavy (non-hydrogen) atoms. The van der Waals surface area contributed by atoms with Gasteiger partial charge in [0, 0.05) is 19.6 Å². The number of likely N-dealkylation sites (tertiary alicyclic amines) is 1. The lowest BCUT2D eigenvalue weighted by molar-refractivity contribution is 0.0218. The van der Waals surface area contributed by atoms with E-state index in [1.807, 2.05) is 57.3 Å². The molecule has 8 nitrogen and oxygen atoms in total. The van der Waals surface area contributed by atoms with Gasteiger partial charge < -0.3 is 19.4 Å². The number of H-pyrrole nitrogens is 1. The number of carbonyl (C=O) groups is 2. The number of aromatic amines is 1. The van der Waals surface area contributed by atoms with Crippen LogP contribution in [0.2, 0.25) is 0 Å². The van der Waals surface area contributed by atoms with E-state index in [-0.39, 0.29) is 24.8 Å². The van der Waals surface area contributed by atoms with Crippen molar-refractivity contribution in [3.05, 3.63) is 83.8 Å². The second kappa shape index (κ2) is 11.4. The van der Waals surface area contributed by atoms with Gasteiger partial charge in [-0.25, -0.2) is 14.6 Å². The van der Waals surface area contributed by atoms with Crippen molar-refractivity contribution in [1.82, 2.24) is 19.8 Å². The maximum absolute atomic E-state index is 12.7. The smallest absolute Gasteiger partial charge is 0.410 e. The van der Waals surface area contributed by atoms with Crippen LogP contribution in [0.25, 0.3) is 16.8 Å². The van der Waals surface area contributed by atoms with Crippen molar-refractivity contribution in [3.63, 3.8) is 0 Å². The SMILES string of the molecule is CC(C)(C)OC(=O)N1CCC[C@H]1c1ncc(-c2ccc(C3=CCN(C(=O)OCc4ccccc4)CC3)cc2)[nH]1. The molecule has 8 heteroatoms. The number of aromatic nitrogens is 2.